The van der Waals surface area contributed by atoms with Crippen LogP contribution in [0.3, 0.4) is 0 Å². The van der Waals surface area contributed by atoms with Crippen molar-refractivity contribution in [3.8, 4) is 0 Å². The largest absolute Gasteiger partial charge is 0.339 e. The molecule has 7 nitrogen and oxygen atoms in total. The van der Waals surface area contributed by atoms with Crippen LogP contribution in [-0.2, 0) is 9.59 Å². The Labute approximate surface area is 177 Å². The molecular formula is C21H20FN3O4S. The fourth-order valence-electron chi connectivity index (χ4n) is 3.12. The van der Waals surface area contributed by atoms with Crippen molar-refractivity contribution in [2.24, 2.45) is 0 Å². The van der Waals surface area contributed by atoms with E-state index in [1.165, 1.54) is 25.1 Å². The third-order valence-electron chi connectivity index (χ3n) is 4.83. The van der Waals surface area contributed by atoms with Crippen LogP contribution in [0.2, 0.25) is 0 Å². The molecule has 0 atom stereocenters. The Morgan fingerprint density at radius 2 is 1.70 bits per heavy atom. The van der Waals surface area contributed by atoms with Crippen molar-refractivity contribution in [3.63, 3.8) is 0 Å². The molecule has 0 radical (unpaired) electrons. The minimum atomic E-state index is -0.559. The second kappa shape index (κ2) is 9.08. The molecule has 30 heavy (non-hydrogen) atoms. The van der Waals surface area contributed by atoms with Crippen molar-refractivity contribution < 1.29 is 18.9 Å². The number of piperazine rings is 1. The van der Waals surface area contributed by atoms with Crippen molar-refractivity contribution in [1.29, 1.82) is 0 Å². The predicted molar refractivity (Wildman–Crippen MR) is 111 cm³/mol. The molecule has 156 valence electrons. The first-order valence-electron chi connectivity index (χ1n) is 9.23. The molecule has 1 fully saturated rings. The summed E-state index contributed by atoms with van der Waals surface area (Å²) in [5.74, 6) is -0.841. The van der Waals surface area contributed by atoms with Gasteiger partial charge in [-0.25, -0.2) is 4.39 Å². The lowest BCUT2D eigenvalue weighted by atomic mass is 10.1. The molecule has 0 aromatic heterocycles. The van der Waals surface area contributed by atoms with Crippen molar-refractivity contribution in [3.05, 3.63) is 70.5 Å². The van der Waals surface area contributed by atoms with Crippen molar-refractivity contribution in [2.45, 2.75) is 16.7 Å². The van der Waals surface area contributed by atoms with E-state index in [1.54, 1.807) is 34.1 Å². The van der Waals surface area contributed by atoms with Crippen LogP contribution in [0.15, 0.2) is 58.8 Å². The monoisotopic (exact) mass is 429 g/mol. The van der Waals surface area contributed by atoms with Crippen LogP contribution in [-0.4, -0.2) is 52.7 Å². The molecule has 1 saturated heterocycles. The molecule has 1 aliphatic heterocycles. The van der Waals surface area contributed by atoms with Crippen LogP contribution in [0.25, 0.3) is 5.57 Å². The topological polar surface area (TPSA) is 83.8 Å². The zero-order valence-corrected chi connectivity index (χ0v) is 17.2. The Balaban J connectivity index is 1.79. The molecule has 3 rings (SSSR count). The molecule has 1 heterocycles. The maximum absolute atomic E-state index is 13.9. The molecule has 0 spiro atoms. The Morgan fingerprint density at radius 3 is 2.30 bits per heavy atom. The van der Waals surface area contributed by atoms with E-state index in [2.05, 4.69) is 6.58 Å². The van der Waals surface area contributed by atoms with E-state index < -0.39 is 10.7 Å². The van der Waals surface area contributed by atoms with Gasteiger partial charge in [-0.15, -0.1) is 0 Å². The third kappa shape index (κ3) is 4.68. The second-order valence-corrected chi connectivity index (χ2v) is 7.83. The number of nitro groups is 1. The van der Waals surface area contributed by atoms with Gasteiger partial charge >= 0.3 is 0 Å². The van der Waals surface area contributed by atoms with Gasteiger partial charge in [0.1, 0.15) is 5.82 Å². The normalized spacial score (nSPS) is 13.8. The number of nitro benzene ring substituents is 1. The van der Waals surface area contributed by atoms with E-state index >= 15 is 0 Å². The number of hydrogen-bond acceptors (Lipinski definition) is 5. The lowest BCUT2D eigenvalue weighted by Crippen LogP contribution is -2.50. The summed E-state index contributed by atoms with van der Waals surface area (Å²) in [6, 6.07) is 10.4. The molecular weight excluding hydrogens is 409 g/mol. The minimum Gasteiger partial charge on any atom is -0.339 e. The summed E-state index contributed by atoms with van der Waals surface area (Å²) in [6.45, 7) is 6.93. The molecule has 9 heteroatoms. The molecule has 2 aromatic carbocycles. The zero-order chi connectivity index (χ0) is 21.8. The number of nitrogens with zero attached hydrogens (tertiary/aromatic N) is 3. The number of rotatable bonds is 5. The van der Waals surface area contributed by atoms with Crippen molar-refractivity contribution in [2.75, 3.05) is 26.2 Å². The minimum absolute atomic E-state index is 0.0421. The van der Waals surface area contributed by atoms with E-state index in [1.807, 2.05) is 0 Å². The average Bonchev–Trinajstić information content (AvgIpc) is 2.74. The molecule has 2 amide bonds. The van der Waals surface area contributed by atoms with Crippen LogP contribution in [0.1, 0.15) is 12.5 Å². The maximum Gasteiger partial charge on any atom is 0.283 e. The molecule has 0 aliphatic carbocycles. The second-order valence-electron chi connectivity index (χ2n) is 6.75. The summed E-state index contributed by atoms with van der Waals surface area (Å²) in [5, 5.41) is 11.6. The zero-order valence-electron chi connectivity index (χ0n) is 16.3. The number of benzene rings is 2. The highest BCUT2D eigenvalue weighted by molar-refractivity contribution is 7.99. The molecule has 0 N–H and O–H groups in total. The number of hydrogen-bond donors (Lipinski definition) is 0. The van der Waals surface area contributed by atoms with Crippen LogP contribution >= 0.6 is 11.8 Å². The van der Waals surface area contributed by atoms with Crippen LogP contribution in [0.4, 0.5) is 10.1 Å². The highest BCUT2D eigenvalue weighted by Gasteiger charge is 2.26. The Kier molecular flexibility index (Phi) is 6.51. The van der Waals surface area contributed by atoms with Crippen LogP contribution < -0.4 is 0 Å². The Bertz CT molecular complexity index is 1020. The van der Waals surface area contributed by atoms with Crippen LogP contribution in [0.5, 0.6) is 0 Å². The average molecular weight is 429 g/mol. The number of amides is 2. The van der Waals surface area contributed by atoms with Gasteiger partial charge in [-0.05, 0) is 23.8 Å². The molecule has 2 aromatic rings. The first-order valence-corrected chi connectivity index (χ1v) is 10.0. The molecule has 0 bridgehead atoms. The fraction of sp³-hybridized carbons (Fsp3) is 0.238. The van der Waals surface area contributed by atoms with Gasteiger partial charge in [-0.1, -0.05) is 36.5 Å². The summed E-state index contributed by atoms with van der Waals surface area (Å²) in [5.41, 5.74) is 0.242. The summed E-state index contributed by atoms with van der Waals surface area (Å²) in [4.78, 5) is 39.0. The van der Waals surface area contributed by atoms with Gasteiger partial charge in [0.15, 0.2) is 0 Å². The van der Waals surface area contributed by atoms with E-state index in [9.17, 15) is 24.1 Å². The quantitative estimate of drug-likeness (QED) is 0.412. The standard InChI is InChI=1S/C21H20FN3O4S/c1-14(21(27)24-11-9-23(10-12-24)15(2)26)16-7-8-20(18(13-16)25(28)29)30-19-6-4-3-5-17(19)22/h3-8,13H,1,9-12H2,2H3. The smallest absolute Gasteiger partial charge is 0.283 e. The van der Waals surface area contributed by atoms with E-state index in [0.717, 1.165) is 11.8 Å². The van der Waals surface area contributed by atoms with Crippen molar-refractivity contribution >= 4 is 34.8 Å². The van der Waals surface area contributed by atoms with Gasteiger partial charge in [0, 0.05) is 49.6 Å². The summed E-state index contributed by atoms with van der Waals surface area (Å²) in [6.07, 6.45) is 0. The Hall–Kier alpha value is -3.20. The van der Waals surface area contributed by atoms with Gasteiger partial charge in [-0.3, -0.25) is 19.7 Å². The van der Waals surface area contributed by atoms with Crippen molar-refractivity contribution in [1.82, 2.24) is 9.80 Å². The summed E-state index contributed by atoms with van der Waals surface area (Å²) >= 11 is 0.950. The van der Waals surface area contributed by atoms with E-state index in [0.29, 0.717) is 31.7 Å². The lowest BCUT2D eigenvalue weighted by Gasteiger charge is -2.34. The number of carbonyl (C=O) groups excluding carboxylic acids is 2. The molecule has 0 saturated carbocycles. The molecule has 1 aliphatic rings. The van der Waals surface area contributed by atoms with Gasteiger partial charge in [-0.2, -0.15) is 0 Å². The highest BCUT2D eigenvalue weighted by Crippen LogP contribution is 2.37. The summed E-state index contributed by atoms with van der Waals surface area (Å²) in [7, 11) is 0. The van der Waals surface area contributed by atoms with Gasteiger partial charge < -0.3 is 9.80 Å². The van der Waals surface area contributed by atoms with E-state index in [4.69, 9.17) is 0 Å². The number of carbonyl (C=O) groups is 2. The Morgan fingerprint density at radius 1 is 1.07 bits per heavy atom. The maximum atomic E-state index is 13.9. The SMILES string of the molecule is C=C(C(=O)N1CCN(C(C)=O)CC1)c1ccc(Sc2ccccc2F)c([N+](=O)[O-])c1. The first-order chi connectivity index (χ1) is 14.3. The van der Waals surface area contributed by atoms with Crippen LogP contribution in [0, 0.1) is 15.9 Å². The van der Waals surface area contributed by atoms with Gasteiger partial charge in [0.2, 0.25) is 5.91 Å². The van der Waals surface area contributed by atoms with Gasteiger partial charge in [0.25, 0.3) is 11.6 Å². The highest BCUT2D eigenvalue weighted by atomic mass is 32.2. The summed E-state index contributed by atoms with van der Waals surface area (Å²) < 4.78 is 13.9. The third-order valence-corrected chi connectivity index (χ3v) is 5.95. The predicted octanol–water partition coefficient (Wildman–Crippen LogP) is 3.59. The number of halogens is 1. The molecule has 0 unspecified atom stereocenters. The van der Waals surface area contributed by atoms with Gasteiger partial charge in [0.05, 0.1) is 9.82 Å². The first kappa shape index (κ1) is 21.5. The lowest BCUT2D eigenvalue weighted by molar-refractivity contribution is -0.387. The fourth-order valence-corrected chi connectivity index (χ4v) is 4.04. The van der Waals surface area contributed by atoms with E-state index in [-0.39, 0.29) is 32.9 Å².